The van der Waals surface area contributed by atoms with Crippen LogP contribution in [0, 0.1) is 5.82 Å². The molecule has 0 unspecified atom stereocenters. The number of benzene rings is 2. The van der Waals surface area contributed by atoms with E-state index in [2.05, 4.69) is 5.32 Å². The third-order valence-corrected chi connectivity index (χ3v) is 3.44. The lowest BCUT2D eigenvalue weighted by atomic mass is 10.1. The lowest BCUT2D eigenvalue weighted by Crippen LogP contribution is -2.27. The van der Waals surface area contributed by atoms with Gasteiger partial charge in [-0.1, -0.05) is 29.8 Å². The van der Waals surface area contributed by atoms with E-state index in [1.54, 1.807) is 24.3 Å². The molecule has 0 aliphatic carbocycles. The van der Waals surface area contributed by atoms with Crippen LogP contribution in [0.3, 0.4) is 0 Å². The number of halogens is 2. The molecule has 22 heavy (non-hydrogen) atoms. The van der Waals surface area contributed by atoms with Crippen molar-refractivity contribution in [1.82, 2.24) is 5.32 Å². The highest BCUT2D eigenvalue weighted by molar-refractivity contribution is 6.30. The van der Waals surface area contributed by atoms with E-state index in [1.807, 2.05) is 12.1 Å². The summed E-state index contributed by atoms with van der Waals surface area (Å²) in [6.07, 6.45) is 0.833. The minimum Gasteiger partial charge on any atom is -0.494 e. The molecule has 0 fully saturated rings. The first kappa shape index (κ1) is 16.3. The molecule has 116 valence electrons. The van der Waals surface area contributed by atoms with Crippen LogP contribution < -0.4 is 10.1 Å². The van der Waals surface area contributed by atoms with E-state index in [9.17, 15) is 9.18 Å². The van der Waals surface area contributed by atoms with Crippen molar-refractivity contribution in [3.8, 4) is 5.75 Å². The van der Waals surface area contributed by atoms with E-state index >= 15 is 0 Å². The largest absolute Gasteiger partial charge is 0.494 e. The van der Waals surface area contributed by atoms with Gasteiger partial charge in [0, 0.05) is 11.6 Å². The van der Waals surface area contributed by atoms with Gasteiger partial charge in [0.2, 0.25) is 5.91 Å². The Morgan fingerprint density at radius 3 is 2.73 bits per heavy atom. The Morgan fingerprint density at radius 1 is 1.23 bits per heavy atom. The average molecular weight is 322 g/mol. The molecule has 5 heteroatoms. The summed E-state index contributed by atoms with van der Waals surface area (Å²) in [5, 5.41) is 3.42. The van der Waals surface area contributed by atoms with Crippen LogP contribution in [0.2, 0.25) is 5.02 Å². The third-order valence-electron chi connectivity index (χ3n) is 3.21. The van der Waals surface area contributed by atoms with E-state index in [0.717, 1.165) is 11.1 Å². The summed E-state index contributed by atoms with van der Waals surface area (Å²) >= 11 is 5.87. The minimum absolute atomic E-state index is 0.0868. The third kappa shape index (κ3) is 4.74. The Labute approximate surface area is 134 Å². The standard InChI is InChI=1S/C17H17ClFNO2/c1-22-16-6-5-12(10-15(16)19)7-8-20-17(21)11-13-3-2-4-14(18)9-13/h2-6,9-10H,7-8,11H2,1H3,(H,20,21). The zero-order valence-electron chi connectivity index (χ0n) is 12.2. The molecule has 0 bridgehead atoms. The summed E-state index contributed by atoms with van der Waals surface area (Å²) < 4.78 is 18.4. The monoisotopic (exact) mass is 321 g/mol. The minimum atomic E-state index is -0.398. The number of carbonyl (C=O) groups excluding carboxylic acids is 1. The molecule has 2 rings (SSSR count). The molecule has 0 aromatic heterocycles. The summed E-state index contributed by atoms with van der Waals surface area (Å²) in [6, 6.07) is 12.0. The molecular weight excluding hydrogens is 305 g/mol. The van der Waals surface area contributed by atoms with Gasteiger partial charge in [0.1, 0.15) is 0 Å². The molecule has 0 spiro atoms. The maximum atomic E-state index is 13.5. The molecule has 0 aliphatic heterocycles. The molecule has 1 amide bonds. The molecule has 2 aromatic rings. The Morgan fingerprint density at radius 2 is 2.05 bits per heavy atom. The van der Waals surface area contributed by atoms with Crippen molar-refractivity contribution in [1.29, 1.82) is 0 Å². The SMILES string of the molecule is COc1ccc(CCNC(=O)Cc2cccc(Cl)c2)cc1F. The molecule has 3 nitrogen and oxygen atoms in total. The molecule has 0 atom stereocenters. The predicted octanol–water partition coefficient (Wildman–Crippen LogP) is 3.39. The molecule has 1 N–H and O–H groups in total. The predicted molar refractivity (Wildman–Crippen MR) is 84.8 cm³/mol. The normalized spacial score (nSPS) is 10.3. The van der Waals surface area contributed by atoms with Crippen molar-refractivity contribution in [2.24, 2.45) is 0 Å². The van der Waals surface area contributed by atoms with E-state index in [0.29, 0.717) is 18.0 Å². The van der Waals surface area contributed by atoms with Crippen molar-refractivity contribution in [2.75, 3.05) is 13.7 Å². The molecule has 0 saturated heterocycles. The van der Waals surface area contributed by atoms with Crippen LogP contribution in [-0.2, 0) is 17.6 Å². The van der Waals surface area contributed by atoms with Crippen LogP contribution in [0.5, 0.6) is 5.75 Å². The first-order chi connectivity index (χ1) is 10.6. The Balaban J connectivity index is 1.81. The van der Waals surface area contributed by atoms with Gasteiger partial charge in [-0.2, -0.15) is 0 Å². The molecule has 0 heterocycles. The topological polar surface area (TPSA) is 38.3 Å². The summed E-state index contributed by atoms with van der Waals surface area (Å²) in [7, 11) is 1.42. The zero-order valence-corrected chi connectivity index (χ0v) is 13.0. The van der Waals surface area contributed by atoms with Gasteiger partial charge in [-0.3, -0.25) is 4.79 Å². The number of methoxy groups -OCH3 is 1. The number of carbonyl (C=O) groups is 1. The summed E-state index contributed by atoms with van der Waals surface area (Å²) in [5.74, 6) is -0.268. The van der Waals surface area contributed by atoms with Gasteiger partial charge in [-0.25, -0.2) is 4.39 Å². The maximum Gasteiger partial charge on any atom is 0.224 e. The van der Waals surface area contributed by atoms with Crippen molar-refractivity contribution < 1.29 is 13.9 Å². The van der Waals surface area contributed by atoms with Crippen molar-refractivity contribution in [2.45, 2.75) is 12.8 Å². The van der Waals surface area contributed by atoms with Gasteiger partial charge in [0.05, 0.1) is 13.5 Å². The fourth-order valence-corrected chi connectivity index (χ4v) is 2.32. The quantitative estimate of drug-likeness (QED) is 0.885. The Bertz CT molecular complexity index is 661. The van der Waals surface area contributed by atoms with E-state index < -0.39 is 5.82 Å². The molecular formula is C17H17ClFNO2. The zero-order chi connectivity index (χ0) is 15.9. The maximum absolute atomic E-state index is 13.5. The van der Waals surface area contributed by atoms with Crippen LogP contribution in [0.1, 0.15) is 11.1 Å². The van der Waals surface area contributed by atoms with Crippen LogP contribution in [0.25, 0.3) is 0 Å². The van der Waals surface area contributed by atoms with Gasteiger partial charge in [0.15, 0.2) is 11.6 Å². The Hall–Kier alpha value is -2.07. The van der Waals surface area contributed by atoms with Gasteiger partial charge >= 0.3 is 0 Å². The first-order valence-electron chi connectivity index (χ1n) is 6.92. The second-order valence-corrected chi connectivity index (χ2v) is 5.31. The first-order valence-corrected chi connectivity index (χ1v) is 7.30. The second-order valence-electron chi connectivity index (χ2n) is 4.88. The number of amides is 1. The van der Waals surface area contributed by atoms with Crippen molar-refractivity contribution in [3.63, 3.8) is 0 Å². The highest BCUT2D eigenvalue weighted by Gasteiger charge is 2.06. The van der Waals surface area contributed by atoms with Crippen LogP contribution in [-0.4, -0.2) is 19.6 Å². The number of nitrogens with one attached hydrogen (secondary N) is 1. The number of rotatable bonds is 6. The van der Waals surface area contributed by atoms with Crippen LogP contribution >= 0.6 is 11.6 Å². The van der Waals surface area contributed by atoms with Crippen LogP contribution in [0.15, 0.2) is 42.5 Å². The summed E-state index contributed by atoms with van der Waals surface area (Å²) in [5.41, 5.74) is 1.67. The van der Waals surface area contributed by atoms with Crippen molar-refractivity contribution in [3.05, 3.63) is 64.4 Å². The van der Waals surface area contributed by atoms with E-state index in [1.165, 1.54) is 13.2 Å². The molecule has 0 radical (unpaired) electrons. The van der Waals surface area contributed by atoms with E-state index in [4.69, 9.17) is 16.3 Å². The fraction of sp³-hybridized carbons (Fsp3) is 0.235. The second kappa shape index (κ2) is 7.80. The number of hydrogen-bond donors (Lipinski definition) is 1. The fourth-order valence-electron chi connectivity index (χ4n) is 2.11. The molecule has 2 aromatic carbocycles. The number of ether oxygens (including phenoxy) is 1. The van der Waals surface area contributed by atoms with Gasteiger partial charge in [-0.15, -0.1) is 0 Å². The summed E-state index contributed by atoms with van der Waals surface area (Å²) in [4.78, 5) is 11.8. The van der Waals surface area contributed by atoms with Crippen LogP contribution in [0.4, 0.5) is 4.39 Å². The lowest BCUT2D eigenvalue weighted by molar-refractivity contribution is -0.120. The van der Waals surface area contributed by atoms with Crippen molar-refractivity contribution >= 4 is 17.5 Å². The van der Waals surface area contributed by atoms with Gasteiger partial charge in [-0.05, 0) is 41.8 Å². The Kier molecular flexibility index (Phi) is 5.78. The van der Waals surface area contributed by atoms with Gasteiger partial charge < -0.3 is 10.1 Å². The van der Waals surface area contributed by atoms with E-state index in [-0.39, 0.29) is 18.1 Å². The highest BCUT2D eigenvalue weighted by atomic mass is 35.5. The molecule has 0 aliphatic rings. The average Bonchev–Trinajstić information content (AvgIpc) is 2.47. The lowest BCUT2D eigenvalue weighted by Gasteiger charge is -2.07. The van der Waals surface area contributed by atoms with Gasteiger partial charge in [0.25, 0.3) is 0 Å². The highest BCUT2D eigenvalue weighted by Crippen LogP contribution is 2.17. The molecule has 0 saturated carbocycles. The summed E-state index contributed by atoms with van der Waals surface area (Å²) in [6.45, 7) is 0.450. The number of hydrogen-bond acceptors (Lipinski definition) is 2. The smallest absolute Gasteiger partial charge is 0.224 e.